The number of carbonyl (C=O) groups excluding carboxylic acids is 7. The molecule has 2 fully saturated rings. The summed E-state index contributed by atoms with van der Waals surface area (Å²) in [6, 6.07) is 13.1. The molecule has 7 amide bonds. The largest absolute Gasteiger partial charge is 0.487 e. The van der Waals surface area contributed by atoms with Gasteiger partial charge >= 0.3 is 0 Å². The lowest BCUT2D eigenvalue weighted by molar-refractivity contribution is -0.140. The predicted octanol–water partition coefficient (Wildman–Crippen LogP) is 2.03. The van der Waals surface area contributed by atoms with Crippen molar-refractivity contribution < 1.29 is 51.5 Å². The summed E-state index contributed by atoms with van der Waals surface area (Å²) in [4.78, 5) is 96.3. The molecule has 7 rings (SSSR count). The van der Waals surface area contributed by atoms with Crippen LogP contribution in [0.2, 0.25) is 0 Å². The van der Waals surface area contributed by atoms with Gasteiger partial charge in [-0.3, -0.25) is 47.8 Å². The van der Waals surface area contributed by atoms with Gasteiger partial charge in [0, 0.05) is 49.4 Å². The number of hydrogen-bond donors (Lipinski definition) is 3. The Morgan fingerprint density at radius 3 is 2.49 bits per heavy atom. The van der Waals surface area contributed by atoms with Crippen LogP contribution in [0.15, 0.2) is 72.4 Å². The van der Waals surface area contributed by atoms with Gasteiger partial charge in [0.25, 0.3) is 17.7 Å². The number of thiazole rings is 1. The van der Waals surface area contributed by atoms with Gasteiger partial charge in [0.05, 0.1) is 41.7 Å². The van der Waals surface area contributed by atoms with Crippen molar-refractivity contribution in [3.05, 3.63) is 89.1 Å². The molecule has 308 valence electrons. The summed E-state index contributed by atoms with van der Waals surface area (Å²) < 4.78 is 36.4. The molecule has 0 saturated carbocycles. The van der Waals surface area contributed by atoms with E-state index < -0.39 is 57.6 Å². The third kappa shape index (κ3) is 9.40. The molecule has 59 heavy (non-hydrogen) atoms. The molecule has 0 bridgehead atoms. The maximum absolute atomic E-state index is 13.4. The molecule has 2 saturated heterocycles. The highest BCUT2D eigenvalue weighted by Gasteiger charge is 2.45. The minimum atomic E-state index is -3.62. The van der Waals surface area contributed by atoms with E-state index >= 15 is 0 Å². The number of imide groups is 2. The lowest BCUT2D eigenvalue weighted by Gasteiger charge is -2.39. The van der Waals surface area contributed by atoms with E-state index in [0.29, 0.717) is 36.1 Å². The van der Waals surface area contributed by atoms with Crippen LogP contribution in [0.4, 0.5) is 5.13 Å². The van der Waals surface area contributed by atoms with Crippen LogP contribution in [0.1, 0.15) is 63.2 Å². The lowest BCUT2D eigenvalue weighted by atomic mass is 10.0. The topological polar surface area (TPSA) is 232 Å². The second-order valence-corrected chi connectivity index (χ2v) is 16.9. The van der Waals surface area contributed by atoms with Crippen LogP contribution >= 0.6 is 11.3 Å². The standard InChI is InChI=1S/C39H39N7O11S2/c1-59(54,55)45-15-13-24(19-45)34(49)40-29(35(50)43-39-41-30(22-58-39)23-6-3-2-4-7-23)14-17-56-16-5-8-33(48)44-20-26(21-44)57-25-9-10-27-28(18-25)38(53)46(37(27)52)31-11-12-32(47)42-36(31)51/h2-4,6-7,9-10,13,15,18-19,22,26,29,31H,5,8,11-12,14,16-17,20-21H2,1H3,(H,40,49)(H,41,43,50)(H,42,47,51)/t29-,31?/m0/s1. The molecule has 2 aromatic carbocycles. The van der Waals surface area contributed by atoms with Gasteiger partial charge in [-0.2, -0.15) is 0 Å². The first-order valence-corrected chi connectivity index (χ1v) is 21.4. The van der Waals surface area contributed by atoms with E-state index in [1.165, 1.54) is 35.7 Å². The number of nitrogens with zero attached hydrogens (tertiary/aromatic N) is 4. The van der Waals surface area contributed by atoms with Crippen LogP contribution in [0, 0.1) is 0 Å². The zero-order chi connectivity index (χ0) is 41.8. The molecule has 2 atom stereocenters. The Hall–Kier alpha value is -6.25. The molecular formula is C39H39N7O11S2. The van der Waals surface area contributed by atoms with E-state index in [-0.39, 0.29) is 67.6 Å². The summed E-state index contributed by atoms with van der Waals surface area (Å²) >= 11 is 1.22. The van der Waals surface area contributed by atoms with Crippen LogP contribution in [-0.4, -0.2) is 119 Å². The van der Waals surface area contributed by atoms with Crippen molar-refractivity contribution in [2.75, 3.05) is 37.9 Å². The van der Waals surface area contributed by atoms with Crippen molar-refractivity contribution >= 4 is 67.8 Å². The fourth-order valence-corrected chi connectivity index (χ4v) is 8.02. The van der Waals surface area contributed by atoms with Gasteiger partial charge in [-0.25, -0.2) is 13.4 Å². The summed E-state index contributed by atoms with van der Waals surface area (Å²) in [5.41, 5.74) is 1.82. The molecule has 3 N–H and O–H groups in total. The number of ether oxygens (including phenoxy) is 2. The smallest absolute Gasteiger partial charge is 0.262 e. The second-order valence-electron chi connectivity index (χ2n) is 14.1. The SMILES string of the molecule is CS(=O)(=O)n1ccc(C(=O)N[C@@H](CCOCCCC(=O)N2CC(Oc3ccc4c(c3)C(=O)N(C3CCC(=O)NC3=O)C4=O)C2)C(=O)Nc2nc(-c3ccccc3)cs2)c1. The first-order valence-electron chi connectivity index (χ1n) is 18.6. The molecule has 0 radical (unpaired) electrons. The van der Waals surface area contributed by atoms with E-state index in [9.17, 15) is 42.0 Å². The Labute approximate surface area is 341 Å². The molecule has 4 aromatic rings. The summed E-state index contributed by atoms with van der Waals surface area (Å²) in [5, 5.41) is 9.69. The number of fused-ring (bicyclic) bond motifs is 1. The Kier molecular flexibility index (Phi) is 12.0. The van der Waals surface area contributed by atoms with Crippen LogP contribution in [-0.2, 0) is 33.9 Å². The van der Waals surface area contributed by atoms with Crippen LogP contribution in [0.5, 0.6) is 5.75 Å². The monoisotopic (exact) mass is 845 g/mol. The highest BCUT2D eigenvalue weighted by atomic mass is 32.2. The Balaban J connectivity index is 0.856. The first-order chi connectivity index (χ1) is 28.2. The number of carbonyl (C=O) groups is 7. The van der Waals surface area contributed by atoms with Crippen molar-refractivity contribution in [2.45, 2.75) is 50.3 Å². The lowest BCUT2D eigenvalue weighted by Crippen LogP contribution is -2.56. The molecule has 0 aliphatic carbocycles. The summed E-state index contributed by atoms with van der Waals surface area (Å²) in [6.45, 7) is 0.873. The molecule has 1 unspecified atom stereocenters. The van der Waals surface area contributed by atoms with Crippen molar-refractivity contribution in [3.8, 4) is 17.0 Å². The molecule has 18 nitrogen and oxygen atoms in total. The number of benzene rings is 2. The highest BCUT2D eigenvalue weighted by molar-refractivity contribution is 7.89. The van der Waals surface area contributed by atoms with Crippen LogP contribution in [0.3, 0.4) is 0 Å². The van der Waals surface area contributed by atoms with E-state index in [1.54, 1.807) is 16.3 Å². The van der Waals surface area contributed by atoms with Gasteiger partial charge in [-0.1, -0.05) is 30.3 Å². The van der Waals surface area contributed by atoms with Crippen LogP contribution in [0.25, 0.3) is 11.3 Å². The van der Waals surface area contributed by atoms with E-state index in [0.717, 1.165) is 26.9 Å². The fourth-order valence-electron chi connectivity index (χ4n) is 6.71. The Morgan fingerprint density at radius 1 is 1.00 bits per heavy atom. The number of piperidine rings is 1. The third-order valence-corrected chi connectivity index (χ3v) is 11.6. The Morgan fingerprint density at radius 2 is 1.76 bits per heavy atom. The number of rotatable bonds is 16. The van der Waals surface area contributed by atoms with Crippen molar-refractivity contribution in [3.63, 3.8) is 0 Å². The average molecular weight is 846 g/mol. The Bertz CT molecular complexity index is 2430. The highest BCUT2D eigenvalue weighted by Crippen LogP contribution is 2.31. The summed E-state index contributed by atoms with van der Waals surface area (Å²) in [5.74, 6) is -3.39. The van der Waals surface area contributed by atoms with Gasteiger partial charge in [0.2, 0.25) is 33.7 Å². The molecule has 3 aliphatic rings. The molecule has 0 spiro atoms. The third-order valence-electron chi connectivity index (χ3n) is 9.88. The van der Waals surface area contributed by atoms with Gasteiger partial charge in [0.15, 0.2) is 5.13 Å². The minimum absolute atomic E-state index is 0.0185. The zero-order valence-electron chi connectivity index (χ0n) is 31.6. The number of amides is 7. The van der Waals surface area contributed by atoms with Gasteiger partial charge in [0.1, 0.15) is 23.9 Å². The fraction of sp³-hybridized carbons (Fsp3) is 0.333. The maximum atomic E-state index is 13.4. The molecular weight excluding hydrogens is 807 g/mol. The molecule has 5 heterocycles. The zero-order valence-corrected chi connectivity index (χ0v) is 33.3. The molecule has 2 aromatic heterocycles. The number of likely N-dealkylation sites (tertiary alicyclic amines) is 1. The van der Waals surface area contributed by atoms with Gasteiger partial charge < -0.3 is 25.0 Å². The minimum Gasteiger partial charge on any atom is -0.487 e. The van der Waals surface area contributed by atoms with Crippen molar-refractivity contribution in [2.24, 2.45) is 0 Å². The van der Waals surface area contributed by atoms with E-state index in [1.807, 2.05) is 30.3 Å². The quantitative estimate of drug-likeness (QED) is 0.109. The number of nitrogens with one attached hydrogen (secondary N) is 3. The second kappa shape index (κ2) is 17.3. The summed E-state index contributed by atoms with van der Waals surface area (Å²) in [7, 11) is -3.62. The van der Waals surface area contributed by atoms with Gasteiger partial charge in [-0.05, 0) is 43.5 Å². The normalized spacial score (nSPS) is 17.3. The number of hydrogen-bond acceptors (Lipinski definition) is 13. The average Bonchev–Trinajstić information content (AvgIpc) is 3.93. The van der Waals surface area contributed by atoms with Crippen molar-refractivity contribution in [1.29, 1.82) is 0 Å². The first kappa shape index (κ1) is 40.9. The predicted molar refractivity (Wildman–Crippen MR) is 211 cm³/mol. The molecule has 20 heteroatoms. The van der Waals surface area contributed by atoms with Crippen molar-refractivity contribution in [1.82, 2.24) is 29.4 Å². The van der Waals surface area contributed by atoms with E-state index in [2.05, 4.69) is 20.9 Å². The number of aromatic nitrogens is 2. The van der Waals surface area contributed by atoms with Gasteiger partial charge in [-0.15, -0.1) is 11.3 Å². The summed E-state index contributed by atoms with van der Waals surface area (Å²) in [6.07, 6.45) is 3.75. The van der Waals surface area contributed by atoms with E-state index in [4.69, 9.17) is 9.47 Å². The number of anilines is 1. The maximum Gasteiger partial charge on any atom is 0.262 e. The van der Waals surface area contributed by atoms with Crippen LogP contribution < -0.4 is 20.7 Å². The molecule has 3 aliphatic heterocycles.